The van der Waals surface area contributed by atoms with Crippen molar-refractivity contribution in [2.45, 2.75) is 24.6 Å². The van der Waals surface area contributed by atoms with E-state index >= 15 is 0 Å². The van der Waals surface area contributed by atoms with Crippen LogP contribution < -0.4 is 5.32 Å². The number of carbonyl (C=O) groups is 1. The number of thioether (sulfide) groups is 2. The van der Waals surface area contributed by atoms with E-state index in [-0.39, 0.29) is 0 Å². The minimum Gasteiger partial charge on any atom is -0.481 e. The van der Waals surface area contributed by atoms with Gasteiger partial charge in [0.25, 0.3) is 0 Å². The summed E-state index contributed by atoms with van der Waals surface area (Å²) in [6.07, 6.45) is 0. The Morgan fingerprint density at radius 3 is 2.75 bits per heavy atom. The fraction of sp³-hybridized carbons (Fsp3) is 0.533. The summed E-state index contributed by atoms with van der Waals surface area (Å²) in [6, 6.07) is 7.87. The number of hydrogen-bond acceptors (Lipinski definition) is 4. The minimum absolute atomic E-state index is 0.437. The average molecular weight is 311 g/mol. The zero-order chi connectivity index (χ0) is 14.4. The highest BCUT2D eigenvalue weighted by molar-refractivity contribution is 8.06. The van der Waals surface area contributed by atoms with E-state index in [1.165, 1.54) is 22.8 Å². The van der Waals surface area contributed by atoms with Crippen molar-refractivity contribution in [2.24, 2.45) is 0 Å². The first kappa shape index (κ1) is 15.7. The lowest BCUT2D eigenvalue weighted by atomic mass is 10.0. The predicted octanol–water partition coefficient (Wildman–Crippen LogP) is 2.81. The quantitative estimate of drug-likeness (QED) is 0.846. The highest BCUT2D eigenvalue weighted by Gasteiger charge is 2.14. The Hall–Kier alpha value is -0.650. The molecule has 110 valence electrons. The molecule has 0 aromatic heterocycles. The normalized spacial score (nSPS) is 20.6. The van der Waals surface area contributed by atoms with Gasteiger partial charge in [-0.2, -0.15) is 23.5 Å². The molecule has 20 heavy (non-hydrogen) atoms. The smallest absolute Gasteiger partial charge is 0.310 e. The summed E-state index contributed by atoms with van der Waals surface area (Å²) < 4.78 is 0. The van der Waals surface area contributed by atoms with Crippen LogP contribution >= 0.6 is 23.5 Å². The third-order valence-corrected chi connectivity index (χ3v) is 6.28. The monoisotopic (exact) mass is 311 g/mol. The molecule has 1 saturated heterocycles. The molecule has 0 saturated carbocycles. The number of carboxylic acids is 1. The number of benzene rings is 1. The van der Waals surface area contributed by atoms with Gasteiger partial charge < -0.3 is 10.4 Å². The van der Waals surface area contributed by atoms with Crippen LogP contribution in [0, 0.1) is 0 Å². The summed E-state index contributed by atoms with van der Waals surface area (Å²) in [5, 5.41) is 13.2. The summed E-state index contributed by atoms with van der Waals surface area (Å²) in [7, 11) is 0. The number of nitrogens with one attached hydrogen (secondary N) is 1. The Kier molecular flexibility index (Phi) is 6.26. The van der Waals surface area contributed by atoms with Crippen LogP contribution in [0.25, 0.3) is 0 Å². The van der Waals surface area contributed by atoms with E-state index < -0.39 is 11.9 Å². The van der Waals surface area contributed by atoms with Crippen LogP contribution in [0.15, 0.2) is 24.3 Å². The number of aliphatic carboxylic acids is 1. The van der Waals surface area contributed by atoms with E-state index in [0.717, 1.165) is 23.9 Å². The van der Waals surface area contributed by atoms with Crippen molar-refractivity contribution in [1.29, 1.82) is 0 Å². The number of carboxylic acid groups (broad SMARTS) is 1. The Labute approximate surface area is 128 Å². The zero-order valence-electron chi connectivity index (χ0n) is 11.7. The predicted molar refractivity (Wildman–Crippen MR) is 87.8 cm³/mol. The van der Waals surface area contributed by atoms with E-state index in [0.29, 0.717) is 0 Å². The first-order valence-corrected chi connectivity index (χ1v) is 9.09. The van der Waals surface area contributed by atoms with Crippen LogP contribution in [0.2, 0.25) is 0 Å². The Morgan fingerprint density at radius 2 is 2.15 bits per heavy atom. The fourth-order valence-electron chi connectivity index (χ4n) is 2.10. The second-order valence-electron chi connectivity index (χ2n) is 5.00. The Balaban J connectivity index is 1.77. The second kappa shape index (κ2) is 7.96. The molecular weight excluding hydrogens is 290 g/mol. The topological polar surface area (TPSA) is 49.3 Å². The van der Waals surface area contributed by atoms with E-state index in [1.807, 2.05) is 36.0 Å². The lowest BCUT2D eigenvalue weighted by Gasteiger charge is -2.21. The molecule has 1 aliphatic heterocycles. The fourth-order valence-corrected chi connectivity index (χ4v) is 4.75. The van der Waals surface area contributed by atoms with Gasteiger partial charge in [-0.15, -0.1) is 0 Å². The van der Waals surface area contributed by atoms with Gasteiger partial charge in [0.05, 0.1) is 5.92 Å². The van der Waals surface area contributed by atoms with E-state index in [2.05, 4.69) is 17.1 Å². The molecule has 1 aliphatic rings. The van der Waals surface area contributed by atoms with Gasteiger partial charge in [0.1, 0.15) is 0 Å². The number of hydrogen-bond donors (Lipinski definition) is 2. The molecule has 1 heterocycles. The lowest BCUT2D eigenvalue weighted by molar-refractivity contribution is -0.138. The molecule has 2 rings (SSSR count). The van der Waals surface area contributed by atoms with Crippen molar-refractivity contribution < 1.29 is 9.90 Å². The zero-order valence-corrected chi connectivity index (χ0v) is 13.3. The maximum absolute atomic E-state index is 10.9. The van der Waals surface area contributed by atoms with Crippen LogP contribution in [0.4, 0.5) is 0 Å². The summed E-state index contributed by atoms with van der Waals surface area (Å²) in [5.41, 5.74) is 2.07. The van der Waals surface area contributed by atoms with Crippen molar-refractivity contribution >= 4 is 29.5 Å². The summed E-state index contributed by atoms with van der Waals surface area (Å²) in [4.78, 5) is 10.9. The third kappa shape index (κ3) is 4.72. The van der Waals surface area contributed by atoms with Crippen LogP contribution in [0.5, 0.6) is 0 Å². The van der Waals surface area contributed by atoms with Gasteiger partial charge in [-0.3, -0.25) is 4.79 Å². The maximum atomic E-state index is 10.9. The molecule has 0 aliphatic carbocycles. The molecule has 0 radical (unpaired) electrons. The van der Waals surface area contributed by atoms with Crippen molar-refractivity contribution in [3.8, 4) is 0 Å². The first-order chi connectivity index (χ1) is 9.66. The molecule has 1 aromatic carbocycles. The standard InChI is InChI=1S/C15H21NO2S2/c1-11(15(17)18)13-4-2-12(3-5-13)8-16-9-14-10-19-6-7-20-14/h2-5,11,14,16H,6-10H2,1H3,(H,17,18). The summed E-state index contributed by atoms with van der Waals surface area (Å²) >= 11 is 4.10. The molecule has 3 nitrogen and oxygen atoms in total. The lowest BCUT2D eigenvalue weighted by Crippen LogP contribution is -2.28. The van der Waals surface area contributed by atoms with E-state index in [1.54, 1.807) is 6.92 Å². The van der Waals surface area contributed by atoms with Crippen molar-refractivity contribution in [3.63, 3.8) is 0 Å². The van der Waals surface area contributed by atoms with E-state index in [9.17, 15) is 4.79 Å². The minimum atomic E-state index is -0.775. The van der Waals surface area contributed by atoms with Crippen LogP contribution in [0.1, 0.15) is 24.0 Å². The highest BCUT2D eigenvalue weighted by Crippen LogP contribution is 2.23. The van der Waals surface area contributed by atoms with Gasteiger partial charge in [0.15, 0.2) is 0 Å². The molecule has 5 heteroatoms. The molecule has 1 aromatic rings. The second-order valence-corrected chi connectivity index (χ2v) is 7.56. The molecule has 0 amide bonds. The summed E-state index contributed by atoms with van der Waals surface area (Å²) in [6.45, 7) is 3.61. The third-order valence-electron chi connectivity index (χ3n) is 3.44. The summed E-state index contributed by atoms with van der Waals surface area (Å²) in [5.74, 6) is 2.57. The van der Waals surface area contributed by atoms with Crippen LogP contribution in [0.3, 0.4) is 0 Å². The first-order valence-electron chi connectivity index (χ1n) is 6.88. The van der Waals surface area contributed by atoms with E-state index in [4.69, 9.17) is 5.11 Å². The maximum Gasteiger partial charge on any atom is 0.310 e. The van der Waals surface area contributed by atoms with Gasteiger partial charge in [-0.1, -0.05) is 24.3 Å². The van der Waals surface area contributed by atoms with Crippen molar-refractivity contribution in [3.05, 3.63) is 35.4 Å². The molecule has 0 bridgehead atoms. The van der Waals surface area contributed by atoms with Gasteiger partial charge in [-0.25, -0.2) is 0 Å². The molecule has 0 spiro atoms. The van der Waals surface area contributed by atoms with Crippen LogP contribution in [-0.4, -0.2) is 40.1 Å². The van der Waals surface area contributed by atoms with Crippen LogP contribution in [-0.2, 0) is 11.3 Å². The SMILES string of the molecule is CC(C(=O)O)c1ccc(CNCC2CSCCS2)cc1. The number of rotatable bonds is 6. The molecule has 2 atom stereocenters. The molecule has 2 N–H and O–H groups in total. The largest absolute Gasteiger partial charge is 0.481 e. The van der Waals surface area contributed by atoms with Gasteiger partial charge in [-0.05, 0) is 18.1 Å². The Bertz CT molecular complexity index is 430. The van der Waals surface area contributed by atoms with Crippen molar-refractivity contribution in [2.75, 3.05) is 23.8 Å². The van der Waals surface area contributed by atoms with Gasteiger partial charge in [0.2, 0.25) is 0 Å². The average Bonchev–Trinajstić information content (AvgIpc) is 2.48. The van der Waals surface area contributed by atoms with Crippen molar-refractivity contribution in [1.82, 2.24) is 5.32 Å². The molecular formula is C15H21NO2S2. The van der Waals surface area contributed by atoms with Gasteiger partial charge >= 0.3 is 5.97 Å². The Morgan fingerprint density at radius 1 is 1.40 bits per heavy atom. The molecule has 2 unspecified atom stereocenters. The van der Waals surface area contributed by atoms with Gasteiger partial charge in [0, 0.05) is 35.6 Å². The highest BCUT2D eigenvalue weighted by atomic mass is 32.2. The molecule has 1 fully saturated rings.